The van der Waals surface area contributed by atoms with Gasteiger partial charge in [0, 0.05) is 13.1 Å². The van der Waals surface area contributed by atoms with Gasteiger partial charge in [-0.1, -0.05) is 0 Å². The number of halogens is 2. The Morgan fingerprint density at radius 2 is 2.09 bits per heavy atom. The standard InChI is InChI=1S/C5H8F2N2O2/c6-5(7,3(8)10)4(11)1-9-2-4/h9,11H,1-2H2,(H2,8,10). The highest BCUT2D eigenvalue weighted by atomic mass is 19.3. The molecule has 0 aromatic carbocycles. The largest absolute Gasteiger partial charge is 0.380 e. The third-order valence-electron chi connectivity index (χ3n) is 1.73. The molecule has 1 aliphatic heterocycles. The van der Waals surface area contributed by atoms with E-state index in [0.29, 0.717) is 0 Å². The summed E-state index contributed by atoms with van der Waals surface area (Å²) in [6.45, 7) is -0.605. The van der Waals surface area contributed by atoms with Crippen molar-refractivity contribution in [2.75, 3.05) is 13.1 Å². The second-order valence-corrected chi connectivity index (χ2v) is 2.57. The molecule has 4 N–H and O–H groups in total. The lowest BCUT2D eigenvalue weighted by molar-refractivity contribution is -0.203. The molecule has 0 aliphatic carbocycles. The van der Waals surface area contributed by atoms with E-state index in [1.807, 2.05) is 0 Å². The maximum Gasteiger partial charge on any atom is 0.354 e. The first kappa shape index (κ1) is 8.35. The van der Waals surface area contributed by atoms with Crippen LogP contribution in [0.3, 0.4) is 0 Å². The zero-order valence-electron chi connectivity index (χ0n) is 5.60. The van der Waals surface area contributed by atoms with Crippen molar-refractivity contribution in [1.82, 2.24) is 5.32 Å². The Kier molecular flexibility index (Phi) is 1.61. The molecule has 1 rings (SSSR count). The van der Waals surface area contributed by atoms with Gasteiger partial charge in [-0.15, -0.1) is 0 Å². The number of carbonyl (C=O) groups excluding carboxylic acids is 1. The van der Waals surface area contributed by atoms with E-state index in [1.165, 1.54) is 0 Å². The van der Waals surface area contributed by atoms with Crippen molar-refractivity contribution >= 4 is 5.91 Å². The molecular formula is C5H8F2N2O2. The van der Waals surface area contributed by atoms with Crippen LogP contribution in [0.25, 0.3) is 0 Å². The van der Waals surface area contributed by atoms with Crippen molar-refractivity contribution in [1.29, 1.82) is 0 Å². The summed E-state index contributed by atoms with van der Waals surface area (Å²) >= 11 is 0. The van der Waals surface area contributed by atoms with Gasteiger partial charge < -0.3 is 16.2 Å². The van der Waals surface area contributed by atoms with Gasteiger partial charge in [-0.2, -0.15) is 8.78 Å². The molecule has 0 saturated carbocycles. The Bertz CT molecular complexity index is 191. The van der Waals surface area contributed by atoms with Crippen LogP contribution >= 0.6 is 0 Å². The van der Waals surface area contributed by atoms with Crippen molar-refractivity contribution < 1.29 is 18.7 Å². The van der Waals surface area contributed by atoms with Gasteiger partial charge in [0.15, 0.2) is 5.60 Å². The summed E-state index contributed by atoms with van der Waals surface area (Å²) in [6, 6.07) is 0. The van der Waals surface area contributed by atoms with Gasteiger partial charge in [-0.25, -0.2) is 0 Å². The Labute approximate surface area is 61.4 Å². The molecule has 6 heteroatoms. The van der Waals surface area contributed by atoms with E-state index in [-0.39, 0.29) is 13.1 Å². The fraction of sp³-hybridized carbons (Fsp3) is 0.800. The number of β-amino-alcohol motifs (C(OH)–C–C–N with tert-alkyl or cyclic N) is 1. The van der Waals surface area contributed by atoms with Gasteiger partial charge in [-0.05, 0) is 0 Å². The van der Waals surface area contributed by atoms with Crippen LogP contribution in [0.4, 0.5) is 8.78 Å². The Morgan fingerprint density at radius 3 is 2.18 bits per heavy atom. The number of hydrogen-bond acceptors (Lipinski definition) is 3. The fourth-order valence-electron chi connectivity index (χ4n) is 0.813. The number of alkyl halides is 2. The lowest BCUT2D eigenvalue weighted by atomic mass is 9.89. The minimum atomic E-state index is -3.84. The van der Waals surface area contributed by atoms with E-state index in [2.05, 4.69) is 11.1 Å². The SMILES string of the molecule is NC(=O)C(F)(F)C1(O)CNC1. The molecule has 64 valence electrons. The molecule has 0 aromatic rings. The third-order valence-corrected chi connectivity index (χ3v) is 1.73. The van der Waals surface area contributed by atoms with E-state index >= 15 is 0 Å². The van der Waals surface area contributed by atoms with Gasteiger partial charge in [-0.3, -0.25) is 4.79 Å². The summed E-state index contributed by atoms with van der Waals surface area (Å²) in [5.41, 5.74) is 2.11. The second kappa shape index (κ2) is 2.12. The molecule has 0 spiro atoms. The predicted octanol–water partition coefficient (Wildman–Crippen LogP) is -1.56. The topological polar surface area (TPSA) is 75.4 Å². The van der Waals surface area contributed by atoms with Gasteiger partial charge in [0.25, 0.3) is 5.91 Å². The number of rotatable bonds is 2. The van der Waals surface area contributed by atoms with Gasteiger partial charge in [0.1, 0.15) is 0 Å². The molecular weight excluding hydrogens is 158 g/mol. The summed E-state index contributed by atoms with van der Waals surface area (Å²) in [5.74, 6) is -5.63. The van der Waals surface area contributed by atoms with Crippen LogP contribution in [0.5, 0.6) is 0 Å². The quantitative estimate of drug-likeness (QED) is 0.464. The van der Waals surface area contributed by atoms with Crippen LogP contribution in [0, 0.1) is 0 Å². The highest BCUT2D eigenvalue weighted by molar-refractivity contribution is 5.83. The molecule has 0 atom stereocenters. The highest BCUT2D eigenvalue weighted by Crippen LogP contribution is 2.31. The van der Waals surface area contributed by atoms with Crippen molar-refractivity contribution in [3.05, 3.63) is 0 Å². The van der Waals surface area contributed by atoms with Crippen molar-refractivity contribution in [2.24, 2.45) is 5.73 Å². The lowest BCUT2D eigenvalue weighted by Gasteiger charge is -2.41. The lowest BCUT2D eigenvalue weighted by Crippen LogP contribution is -2.72. The van der Waals surface area contributed by atoms with Gasteiger partial charge in [0.05, 0.1) is 0 Å². The molecule has 11 heavy (non-hydrogen) atoms. The zero-order valence-corrected chi connectivity index (χ0v) is 5.60. The maximum absolute atomic E-state index is 12.6. The first-order valence-electron chi connectivity index (χ1n) is 3.01. The molecule has 1 saturated heterocycles. The van der Waals surface area contributed by atoms with Crippen molar-refractivity contribution in [3.8, 4) is 0 Å². The number of amides is 1. The van der Waals surface area contributed by atoms with Crippen LogP contribution in [-0.4, -0.2) is 35.6 Å². The fourth-order valence-corrected chi connectivity index (χ4v) is 0.813. The summed E-state index contributed by atoms with van der Waals surface area (Å²) in [5, 5.41) is 11.4. The van der Waals surface area contributed by atoms with Crippen molar-refractivity contribution in [2.45, 2.75) is 11.5 Å². The summed E-state index contributed by atoms with van der Waals surface area (Å²) < 4.78 is 25.2. The molecule has 0 radical (unpaired) electrons. The first-order valence-corrected chi connectivity index (χ1v) is 3.01. The maximum atomic E-state index is 12.6. The summed E-state index contributed by atoms with van der Waals surface area (Å²) in [4.78, 5) is 10.1. The molecule has 1 amide bonds. The Morgan fingerprint density at radius 1 is 1.64 bits per heavy atom. The number of nitrogens with one attached hydrogen (secondary N) is 1. The van der Waals surface area contributed by atoms with Crippen LogP contribution in [0.15, 0.2) is 0 Å². The zero-order chi connectivity index (χ0) is 8.70. The normalized spacial score (nSPS) is 22.5. The third kappa shape index (κ3) is 0.982. The number of hydrogen-bond donors (Lipinski definition) is 3. The van der Waals surface area contributed by atoms with Crippen LogP contribution in [0.2, 0.25) is 0 Å². The minimum absolute atomic E-state index is 0.303. The van der Waals surface area contributed by atoms with E-state index in [9.17, 15) is 13.6 Å². The summed E-state index contributed by atoms with van der Waals surface area (Å²) in [7, 11) is 0. The van der Waals surface area contributed by atoms with Gasteiger partial charge in [0.2, 0.25) is 0 Å². The van der Waals surface area contributed by atoms with Crippen LogP contribution in [0.1, 0.15) is 0 Å². The molecule has 4 nitrogen and oxygen atoms in total. The highest BCUT2D eigenvalue weighted by Gasteiger charge is 2.60. The first-order chi connectivity index (χ1) is 4.90. The van der Waals surface area contributed by atoms with E-state index in [4.69, 9.17) is 5.11 Å². The molecule has 0 unspecified atom stereocenters. The average Bonchev–Trinajstić information content (AvgIpc) is 1.82. The molecule has 1 heterocycles. The molecule has 0 bridgehead atoms. The predicted molar refractivity (Wildman–Crippen MR) is 32.0 cm³/mol. The number of carbonyl (C=O) groups is 1. The van der Waals surface area contributed by atoms with Crippen molar-refractivity contribution in [3.63, 3.8) is 0 Å². The van der Waals surface area contributed by atoms with Gasteiger partial charge >= 0.3 is 5.92 Å². The van der Waals surface area contributed by atoms with E-state index in [0.717, 1.165) is 0 Å². The molecule has 0 aromatic heterocycles. The second-order valence-electron chi connectivity index (χ2n) is 2.57. The average molecular weight is 166 g/mol. The number of aliphatic hydroxyl groups is 1. The Hall–Kier alpha value is -0.750. The smallest absolute Gasteiger partial charge is 0.354 e. The van der Waals surface area contributed by atoms with Crippen LogP contribution in [-0.2, 0) is 4.79 Å². The number of primary amides is 1. The van der Waals surface area contributed by atoms with Crippen LogP contribution < -0.4 is 11.1 Å². The van der Waals surface area contributed by atoms with E-state index in [1.54, 1.807) is 0 Å². The number of nitrogens with two attached hydrogens (primary N) is 1. The minimum Gasteiger partial charge on any atom is -0.380 e. The molecule has 1 aliphatic rings. The monoisotopic (exact) mass is 166 g/mol. The summed E-state index contributed by atoms with van der Waals surface area (Å²) in [6.07, 6.45) is 0. The van der Waals surface area contributed by atoms with E-state index < -0.39 is 17.4 Å². The Balaban J connectivity index is 2.78. The molecule has 1 fully saturated rings.